The highest BCUT2D eigenvalue weighted by atomic mass is 16.2. The van der Waals surface area contributed by atoms with Crippen molar-refractivity contribution in [3.8, 4) is 0 Å². The van der Waals surface area contributed by atoms with Crippen LogP contribution in [-0.2, 0) is 0 Å². The summed E-state index contributed by atoms with van der Waals surface area (Å²) in [6.45, 7) is 3.33. The quantitative estimate of drug-likeness (QED) is 0.837. The molecule has 1 aliphatic heterocycles. The lowest BCUT2D eigenvalue weighted by Crippen LogP contribution is -2.45. The molecule has 2 saturated carbocycles. The zero-order valence-corrected chi connectivity index (χ0v) is 14.0. The average Bonchev–Trinajstić information content (AvgIpc) is 3.33. The molecule has 0 aromatic heterocycles. The van der Waals surface area contributed by atoms with Crippen LogP contribution < -0.4 is 10.6 Å². The number of nitrogens with one attached hydrogen (secondary N) is 2. The Morgan fingerprint density at radius 1 is 0.864 bits per heavy atom. The zero-order chi connectivity index (χ0) is 15.2. The summed E-state index contributed by atoms with van der Waals surface area (Å²) in [6.07, 6.45) is 14.2. The molecule has 4 heteroatoms. The number of hydrogen-bond acceptors (Lipinski definition) is 2. The summed E-state index contributed by atoms with van der Waals surface area (Å²) in [4.78, 5) is 14.7. The van der Waals surface area contributed by atoms with Crippen LogP contribution in [0.15, 0.2) is 0 Å². The molecular formula is C18H33N3O. The molecule has 3 fully saturated rings. The summed E-state index contributed by atoms with van der Waals surface area (Å²) in [6, 6.07) is 1.36. The molecule has 1 heterocycles. The minimum Gasteiger partial charge on any atom is -0.338 e. The zero-order valence-electron chi connectivity index (χ0n) is 14.0. The number of carbonyl (C=O) groups excluding carboxylic acids is 1. The Morgan fingerprint density at radius 3 is 2.14 bits per heavy atom. The van der Waals surface area contributed by atoms with Gasteiger partial charge in [-0.05, 0) is 57.5 Å². The smallest absolute Gasteiger partial charge is 0.315 e. The van der Waals surface area contributed by atoms with E-state index in [2.05, 4.69) is 15.5 Å². The van der Waals surface area contributed by atoms with Crippen LogP contribution in [0.2, 0.25) is 0 Å². The van der Waals surface area contributed by atoms with Crippen LogP contribution in [0.5, 0.6) is 0 Å². The summed E-state index contributed by atoms with van der Waals surface area (Å²) >= 11 is 0. The molecule has 0 spiro atoms. The van der Waals surface area contributed by atoms with E-state index in [4.69, 9.17) is 0 Å². The van der Waals surface area contributed by atoms with Crippen LogP contribution in [0.25, 0.3) is 0 Å². The molecule has 126 valence electrons. The number of amides is 2. The van der Waals surface area contributed by atoms with Gasteiger partial charge < -0.3 is 15.5 Å². The maximum absolute atomic E-state index is 12.1. The van der Waals surface area contributed by atoms with Crippen molar-refractivity contribution in [2.24, 2.45) is 5.92 Å². The number of urea groups is 1. The maximum Gasteiger partial charge on any atom is 0.315 e. The maximum atomic E-state index is 12.1. The molecule has 2 N–H and O–H groups in total. The lowest BCUT2D eigenvalue weighted by atomic mass is 9.96. The molecule has 0 aromatic carbocycles. The first-order valence-electron chi connectivity index (χ1n) is 9.59. The summed E-state index contributed by atoms with van der Waals surface area (Å²) in [5, 5.41) is 6.33. The van der Waals surface area contributed by atoms with Crippen molar-refractivity contribution in [2.45, 2.75) is 82.7 Å². The van der Waals surface area contributed by atoms with E-state index in [1.807, 2.05) is 0 Å². The topological polar surface area (TPSA) is 44.4 Å². The Labute approximate surface area is 135 Å². The number of likely N-dealkylation sites (tertiary alicyclic amines) is 1. The van der Waals surface area contributed by atoms with Gasteiger partial charge in [0, 0.05) is 18.6 Å². The van der Waals surface area contributed by atoms with Crippen LogP contribution in [0, 0.1) is 5.92 Å². The molecular weight excluding hydrogens is 274 g/mol. The Morgan fingerprint density at radius 2 is 1.50 bits per heavy atom. The fourth-order valence-corrected chi connectivity index (χ4v) is 4.04. The summed E-state index contributed by atoms with van der Waals surface area (Å²) < 4.78 is 0. The summed E-state index contributed by atoms with van der Waals surface area (Å²) in [5.41, 5.74) is 0. The van der Waals surface area contributed by atoms with Gasteiger partial charge in [0.1, 0.15) is 0 Å². The monoisotopic (exact) mass is 307 g/mol. The van der Waals surface area contributed by atoms with Crippen LogP contribution in [-0.4, -0.2) is 42.6 Å². The standard InChI is InChI=1S/C18H33N3O/c22-18(20-16-6-4-2-1-3-5-7-16)19-14-15-10-12-21(13-11-15)17-8-9-17/h15-17H,1-14H2,(H2,19,20,22). The van der Waals surface area contributed by atoms with Gasteiger partial charge in [-0.15, -0.1) is 0 Å². The SMILES string of the molecule is O=C(NCC1CCN(C2CC2)CC1)NC1CCCCCCC1. The van der Waals surface area contributed by atoms with Crippen molar-refractivity contribution in [1.82, 2.24) is 15.5 Å². The number of rotatable bonds is 4. The summed E-state index contributed by atoms with van der Waals surface area (Å²) in [5.74, 6) is 0.679. The first-order valence-corrected chi connectivity index (χ1v) is 9.59. The van der Waals surface area contributed by atoms with E-state index in [0.717, 1.165) is 25.4 Å². The van der Waals surface area contributed by atoms with Crippen molar-refractivity contribution in [1.29, 1.82) is 0 Å². The van der Waals surface area contributed by atoms with Crippen molar-refractivity contribution in [3.05, 3.63) is 0 Å². The molecule has 0 radical (unpaired) electrons. The van der Waals surface area contributed by atoms with Gasteiger partial charge in [-0.25, -0.2) is 4.79 Å². The molecule has 0 bridgehead atoms. The van der Waals surface area contributed by atoms with E-state index in [-0.39, 0.29) is 6.03 Å². The van der Waals surface area contributed by atoms with E-state index in [1.54, 1.807) is 0 Å². The van der Waals surface area contributed by atoms with Gasteiger partial charge in [-0.1, -0.05) is 32.1 Å². The van der Waals surface area contributed by atoms with Gasteiger partial charge in [0.25, 0.3) is 0 Å². The molecule has 0 aromatic rings. The van der Waals surface area contributed by atoms with E-state index >= 15 is 0 Å². The Kier molecular flexibility index (Phi) is 5.99. The Bertz CT molecular complexity index is 340. The third-order valence-electron chi connectivity index (χ3n) is 5.70. The van der Waals surface area contributed by atoms with E-state index in [9.17, 15) is 4.79 Å². The van der Waals surface area contributed by atoms with Crippen LogP contribution in [0.1, 0.15) is 70.6 Å². The number of nitrogens with zero attached hydrogens (tertiary/aromatic N) is 1. The fourth-order valence-electron chi connectivity index (χ4n) is 4.04. The lowest BCUT2D eigenvalue weighted by Gasteiger charge is -2.32. The molecule has 2 aliphatic carbocycles. The number of hydrogen-bond donors (Lipinski definition) is 2. The van der Waals surface area contributed by atoms with Crippen molar-refractivity contribution in [2.75, 3.05) is 19.6 Å². The molecule has 2 amide bonds. The molecule has 4 nitrogen and oxygen atoms in total. The summed E-state index contributed by atoms with van der Waals surface area (Å²) in [7, 11) is 0. The molecule has 1 saturated heterocycles. The van der Waals surface area contributed by atoms with E-state index in [0.29, 0.717) is 12.0 Å². The molecule has 3 rings (SSSR count). The second kappa shape index (κ2) is 8.19. The van der Waals surface area contributed by atoms with Crippen molar-refractivity contribution in [3.63, 3.8) is 0 Å². The largest absolute Gasteiger partial charge is 0.338 e. The van der Waals surface area contributed by atoms with Crippen LogP contribution >= 0.6 is 0 Å². The first kappa shape index (κ1) is 16.1. The predicted molar refractivity (Wildman–Crippen MR) is 90.0 cm³/mol. The minimum absolute atomic E-state index is 0.0650. The van der Waals surface area contributed by atoms with E-state index in [1.165, 1.54) is 70.9 Å². The molecule has 0 unspecified atom stereocenters. The Balaban J connectivity index is 1.30. The predicted octanol–water partition coefficient (Wildman–Crippen LogP) is 3.27. The molecule has 3 aliphatic rings. The van der Waals surface area contributed by atoms with E-state index < -0.39 is 0 Å². The fraction of sp³-hybridized carbons (Fsp3) is 0.944. The highest BCUT2D eigenvalue weighted by molar-refractivity contribution is 5.74. The van der Waals surface area contributed by atoms with Crippen LogP contribution in [0.3, 0.4) is 0 Å². The van der Waals surface area contributed by atoms with Crippen LogP contribution in [0.4, 0.5) is 4.79 Å². The first-order chi connectivity index (χ1) is 10.8. The highest BCUT2D eigenvalue weighted by Crippen LogP contribution is 2.30. The number of piperidine rings is 1. The second-order valence-corrected chi connectivity index (χ2v) is 7.61. The number of carbonyl (C=O) groups is 1. The lowest BCUT2D eigenvalue weighted by molar-refractivity contribution is 0.173. The highest BCUT2D eigenvalue weighted by Gasteiger charge is 2.31. The Hall–Kier alpha value is -0.770. The molecule has 0 atom stereocenters. The van der Waals surface area contributed by atoms with Crippen molar-refractivity contribution < 1.29 is 4.79 Å². The van der Waals surface area contributed by atoms with Gasteiger partial charge >= 0.3 is 6.03 Å². The van der Waals surface area contributed by atoms with Crippen molar-refractivity contribution >= 4 is 6.03 Å². The average molecular weight is 307 g/mol. The second-order valence-electron chi connectivity index (χ2n) is 7.61. The van der Waals surface area contributed by atoms with Gasteiger partial charge in [-0.3, -0.25) is 0 Å². The third kappa shape index (κ3) is 5.15. The van der Waals surface area contributed by atoms with Gasteiger partial charge in [0.05, 0.1) is 0 Å². The van der Waals surface area contributed by atoms with Gasteiger partial charge in [-0.2, -0.15) is 0 Å². The normalized spacial score (nSPS) is 26.2. The minimum atomic E-state index is 0.0650. The third-order valence-corrected chi connectivity index (χ3v) is 5.70. The molecule has 22 heavy (non-hydrogen) atoms. The van der Waals surface area contributed by atoms with Gasteiger partial charge in [0.2, 0.25) is 0 Å². The van der Waals surface area contributed by atoms with Gasteiger partial charge in [0.15, 0.2) is 0 Å².